The number of hydrogen-bond donors (Lipinski definition) is 1. The lowest BCUT2D eigenvalue weighted by Crippen LogP contribution is -2.37. The second-order valence-corrected chi connectivity index (χ2v) is 7.07. The van der Waals surface area contributed by atoms with Crippen molar-refractivity contribution in [3.8, 4) is 5.88 Å². The first-order valence-corrected chi connectivity index (χ1v) is 9.02. The highest BCUT2D eigenvalue weighted by atomic mass is 32.1. The number of urea groups is 1. The van der Waals surface area contributed by atoms with Crippen LogP contribution in [0.5, 0.6) is 5.88 Å². The molecule has 0 radical (unpaired) electrons. The van der Waals surface area contributed by atoms with Gasteiger partial charge in [0, 0.05) is 18.0 Å². The molecule has 2 aromatic heterocycles. The summed E-state index contributed by atoms with van der Waals surface area (Å²) in [6, 6.07) is -0.360. The first-order valence-electron chi connectivity index (χ1n) is 8.20. The molecule has 1 saturated heterocycles. The van der Waals surface area contributed by atoms with Gasteiger partial charge in [-0.15, -0.1) is 11.3 Å². The highest BCUT2D eigenvalue weighted by Gasteiger charge is 2.27. The zero-order valence-corrected chi connectivity index (χ0v) is 14.0. The van der Waals surface area contributed by atoms with Crippen LogP contribution in [0.3, 0.4) is 0 Å². The number of nitrogens with one attached hydrogen (secondary N) is 1. The van der Waals surface area contributed by atoms with Crippen molar-refractivity contribution >= 4 is 33.5 Å². The molecule has 1 N–H and O–H groups in total. The molecule has 0 aromatic carbocycles. The molecule has 1 aliphatic carbocycles. The Bertz CT molecular complexity index is 804. The monoisotopic (exact) mass is 346 g/mol. The fourth-order valence-corrected chi connectivity index (χ4v) is 4.48. The van der Waals surface area contributed by atoms with E-state index in [1.807, 2.05) is 0 Å². The molecule has 0 unspecified atom stereocenters. The normalized spacial score (nSPS) is 17.5. The van der Waals surface area contributed by atoms with E-state index in [-0.39, 0.29) is 18.5 Å². The van der Waals surface area contributed by atoms with E-state index in [2.05, 4.69) is 15.3 Å². The number of amides is 3. The molecule has 0 atom stereocenters. The van der Waals surface area contributed by atoms with Crippen molar-refractivity contribution < 1.29 is 14.3 Å². The summed E-state index contributed by atoms with van der Waals surface area (Å²) >= 11 is 1.70. The van der Waals surface area contributed by atoms with Gasteiger partial charge in [0.05, 0.1) is 5.39 Å². The summed E-state index contributed by atoms with van der Waals surface area (Å²) in [5.74, 6) is 0.102. The van der Waals surface area contributed by atoms with Crippen LogP contribution in [0.25, 0.3) is 10.2 Å². The second kappa shape index (κ2) is 6.35. The van der Waals surface area contributed by atoms with Gasteiger partial charge in [0.1, 0.15) is 11.2 Å². The van der Waals surface area contributed by atoms with E-state index in [1.54, 1.807) is 11.3 Å². The first-order chi connectivity index (χ1) is 11.7. The molecule has 1 fully saturated rings. The molecule has 8 heteroatoms. The fraction of sp³-hybridized carbons (Fsp3) is 0.500. The maximum Gasteiger partial charge on any atom is 0.324 e. The number of carbonyl (C=O) groups excluding carboxylic acids is 2. The molecular formula is C16H18N4O3S. The molecule has 7 nitrogen and oxygen atoms in total. The SMILES string of the molecule is O=C(COc1ncnc2sc3c(c12)CCCCC3)N1CCNC1=O. The van der Waals surface area contributed by atoms with Crippen molar-refractivity contribution in [2.45, 2.75) is 32.1 Å². The number of fused-ring (bicyclic) bond motifs is 3. The van der Waals surface area contributed by atoms with Gasteiger partial charge < -0.3 is 10.1 Å². The van der Waals surface area contributed by atoms with Crippen LogP contribution in [0.15, 0.2) is 6.33 Å². The molecule has 0 saturated carbocycles. The standard InChI is InChI=1S/C16H18N4O3S/c21-12(20-7-6-17-16(20)22)8-23-14-13-10-4-2-1-3-5-11(10)24-15(13)19-9-18-14/h9H,1-8H2,(H,17,22). The van der Waals surface area contributed by atoms with Gasteiger partial charge in [-0.2, -0.15) is 0 Å². The lowest BCUT2D eigenvalue weighted by atomic mass is 10.1. The molecule has 126 valence electrons. The molecule has 0 spiro atoms. The minimum absolute atomic E-state index is 0.190. The maximum absolute atomic E-state index is 12.1. The first kappa shape index (κ1) is 15.3. The van der Waals surface area contributed by atoms with E-state index in [0.29, 0.717) is 19.0 Å². The van der Waals surface area contributed by atoms with Gasteiger partial charge in [-0.25, -0.2) is 14.8 Å². The van der Waals surface area contributed by atoms with Crippen LogP contribution >= 0.6 is 11.3 Å². The predicted molar refractivity (Wildman–Crippen MR) is 89.3 cm³/mol. The van der Waals surface area contributed by atoms with Gasteiger partial charge in [0.15, 0.2) is 6.61 Å². The Labute approximate surface area is 143 Å². The molecular weight excluding hydrogens is 328 g/mol. The van der Waals surface area contributed by atoms with Crippen LogP contribution in [0.2, 0.25) is 0 Å². The average Bonchev–Trinajstić information content (AvgIpc) is 3.09. The predicted octanol–water partition coefficient (Wildman–Crippen LogP) is 1.89. The number of aryl methyl sites for hydroxylation is 2. The summed E-state index contributed by atoms with van der Waals surface area (Å²) in [4.78, 5) is 35.7. The average molecular weight is 346 g/mol. The molecule has 3 amide bonds. The van der Waals surface area contributed by atoms with Gasteiger partial charge in [-0.3, -0.25) is 9.69 Å². The zero-order chi connectivity index (χ0) is 16.5. The third-order valence-corrected chi connectivity index (χ3v) is 5.66. The minimum atomic E-state index is -0.360. The Kier molecular flexibility index (Phi) is 4.05. The van der Waals surface area contributed by atoms with Gasteiger partial charge in [0.25, 0.3) is 5.91 Å². The van der Waals surface area contributed by atoms with Crippen LogP contribution in [-0.2, 0) is 17.6 Å². The van der Waals surface area contributed by atoms with E-state index in [0.717, 1.165) is 29.5 Å². The highest BCUT2D eigenvalue weighted by Crippen LogP contribution is 2.38. The van der Waals surface area contributed by atoms with Crippen LogP contribution in [0.1, 0.15) is 29.7 Å². The Balaban J connectivity index is 1.59. The fourth-order valence-electron chi connectivity index (χ4n) is 3.27. The number of ether oxygens (including phenoxy) is 1. The number of hydrogen-bond acceptors (Lipinski definition) is 6. The van der Waals surface area contributed by atoms with Crippen molar-refractivity contribution in [3.05, 3.63) is 16.8 Å². The quantitative estimate of drug-likeness (QED) is 0.858. The summed E-state index contributed by atoms with van der Waals surface area (Å²) in [6.45, 7) is 0.679. The lowest BCUT2D eigenvalue weighted by Gasteiger charge is -2.13. The molecule has 24 heavy (non-hydrogen) atoms. The molecule has 2 aliphatic rings. The number of nitrogens with zero attached hydrogens (tertiary/aromatic N) is 3. The number of imide groups is 1. The summed E-state index contributed by atoms with van der Waals surface area (Å²) in [6.07, 6.45) is 7.13. The van der Waals surface area contributed by atoms with Crippen molar-refractivity contribution in [1.82, 2.24) is 20.2 Å². The Morgan fingerprint density at radius 3 is 3.00 bits per heavy atom. The Hall–Kier alpha value is -2.22. The highest BCUT2D eigenvalue weighted by molar-refractivity contribution is 7.18. The molecule has 0 bridgehead atoms. The van der Waals surface area contributed by atoms with Crippen molar-refractivity contribution in [3.63, 3.8) is 0 Å². The summed E-state index contributed by atoms with van der Waals surface area (Å²) in [7, 11) is 0. The Morgan fingerprint density at radius 2 is 2.17 bits per heavy atom. The van der Waals surface area contributed by atoms with E-state index >= 15 is 0 Å². The topological polar surface area (TPSA) is 84.4 Å². The second-order valence-electron chi connectivity index (χ2n) is 5.99. The maximum atomic E-state index is 12.1. The van der Waals surface area contributed by atoms with E-state index in [9.17, 15) is 9.59 Å². The number of rotatable bonds is 3. The van der Waals surface area contributed by atoms with E-state index in [4.69, 9.17) is 4.74 Å². The summed E-state index contributed by atoms with van der Waals surface area (Å²) in [5, 5.41) is 3.55. The third-order valence-electron chi connectivity index (χ3n) is 4.46. The molecule has 4 rings (SSSR count). The summed E-state index contributed by atoms with van der Waals surface area (Å²) in [5.41, 5.74) is 1.27. The van der Waals surface area contributed by atoms with Crippen LogP contribution in [0.4, 0.5) is 4.79 Å². The number of carbonyl (C=O) groups is 2. The van der Waals surface area contributed by atoms with Crippen LogP contribution < -0.4 is 10.1 Å². The van der Waals surface area contributed by atoms with Crippen molar-refractivity contribution in [2.75, 3.05) is 19.7 Å². The van der Waals surface area contributed by atoms with Crippen LogP contribution in [-0.4, -0.2) is 46.5 Å². The van der Waals surface area contributed by atoms with E-state index < -0.39 is 0 Å². The number of thiophene rings is 1. The Morgan fingerprint density at radius 1 is 1.29 bits per heavy atom. The van der Waals surface area contributed by atoms with E-state index in [1.165, 1.54) is 34.5 Å². The number of aromatic nitrogens is 2. The van der Waals surface area contributed by atoms with Gasteiger partial charge in [-0.1, -0.05) is 6.42 Å². The lowest BCUT2D eigenvalue weighted by molar-refractivity contribution is -0.129. The molecule has 2 aromatic rings. The molecule has 3 heterocycles. The van der Waals surface area contributed by atoms with Gasteiger partial charge in [0.2, 0.25) is 5.88 Å². The van der Waals surface area contributed by atoms with Gasteiger partial charge >= 0.3 is 6.03 Å². The summed E-state index contributed by atoms with van der Waals surface area (Å²) < 4.78 is 5.69. The van der Waals surface area contributed by atoms with Crippen molar-refractivity contribution in [2.24, 2.45) is 0 Å². The largest absolute Gasteiger partial charge is 0.467 e. The minimum Gasteiger partial charge on any atom is -0.467 e. The van der Waals surface area contributed by atoms with Gasteiger partial charge in [-0.05, 0) is 31.2 Å². The van der Waals surface area contributed by atoms with Crippen LogP contribution in [0, 0.1) is 0 Å². The van der Waals surface area contributed by atoms with Crippen molar-refractivity contribution in [1.29, 1.82) is 0 Å². The molecule has 1 aliphatic heterocycles. The zero-order valence-electron chi connectivity index (χ0n) is 13.2. The smallest absolute Gasteiger partial charge is 0.324 e. The third kappa shape index (κ3) is 2.71.